The highest BCUT2D eigenvalue weighted by molar-refractivity contribution is 14.1. The van der Waals surface area contributed by atoms with E-state index in [9.17, 15) is 0 Å². The van der Waals surface area contributed by atoms with Crippen LogP contribution in [0, 0.1) is 10.8 Å². The molecule has 1 rings (SSSR count). The molecule has 0 unspecified atom stereocenters. The molecule has 4 heteroatoms. The van der Waals surface area contributed by atoms with Crippen molar-refractivity contribution in [2.75, 3.05) is 0 Å². The Hall–Kier alpha value is -0.130. The van der Waals surface area contributed by atoms with Crippen LogP contribution in [0.2, 0.25) is 0 Å². The molecule has 0 bridgehead atoms. The van der Waals surface area contributed by atoms with Gasteiger partial charge in [0.25, 0.3) is 0 Å². The fraction of sp³-hybridized carbons (Fsp3) is 0.333. The zero-order chi connectivity index (χ0) is 5.28. The van der Waals surface area contributed by atoms with Crippen LogP contribution in [0.5, 0.6) is 0 Å². The standard InChI is InChI=1S/C3H4IN3/c1-2-5-3(4)7-6-2/h1H3,(H,5,6,7). The normalized spacial score (nSPS) is 9.43. The Morgan fingerprint density at radius 3 is 2.43 bits per heavy atom. The molecule has 0 aromatic carbocycles. The van der Waals surface area contributed by atoms with E-state index < -0.39 is 0 Å². The number of rotatable bonds is 0. The molecule has 1 heterocycles. The van der Waals surface area contributed by atoms with Gasteiger partial charge in [0.05, 0.1) is 0 Å². The first-order chi connectivity index (χ1) is 3.29. The van der Waals surface area contributed by atoms with Crippen molar-refractivity contribution in [1.82, 2.24) is 15.2 Å². The van der Waals surface area contributed by atoms with E-state index in [1.54, 1.807) is 0 Å². The van der Waals surface area contributed by atoms with Gasteiger partial charge in [0.15, 0.2) is 3.83 Å². The van der Waals surface area contributed by atoms with Crippen molar-refractivity contribution < 1.29 is 0 Å². The van der Waals surface area contributed by atoms with Crippen LogP contribution in [0.15, 0.2) is 0 Å². The maximum absolute atomic E-state index is 3.70. The Kier molecular flexibility index (Phi) is 1.27. The first-order valence-corrected chi connectivity index (χ1v) is 2.91. The van der Waals surface area contributed by atoms with E-state index in [1.807, 2.05) is 6.92 Å². The molecule has 0 spiro atoms. The highest BCUT2D eigenvalue weighted by Crippen LogP contribution is 1.92. The number of hydrogen-bond donors (Lipinski definition) is 1. The molecular weight excluding hydrogens is 205 g/mol. The molecule has 0 saturated carbocycles. The fourth-order valence-electron chi connectivity index (χ4n) is 0.318. The molecule has 1 aromatic heterocycles. The van der Waals surface area contributed by atoms with Crippen LogP contribution in [0.25, 0.3) is 0 Å². The Balaban J connectivity index is 3.04. The number of H-pyrrole nitrogens is 1. The minimum atomic E-state index is 0.843. The number of aryl methyl sites for hydroxylation is 1. The van der Waals surface area contributed by atoms with Crippen molar-refractivity contribution in [3.05, 3.63) is 9.66 Å². The lowest BCUT2D eigenvalue weighted by molar-refractivity contribution is 1.03. The Morgan fingerprint density at radius 2 is 2.29 bits per heavy atom. The van der Waals surface area contributed by atoms with Gasteiger partial charge in [-0.05, 0) is 6.92 Å². The van der Waals surface area contributed by atoms with Gasteiger partial charge < -0.3 is 4.98 Å². The number of aromatic nitrogens is 3. The monoisotopic (exact) mass is 209 g/mol. The van der Waals surface area contributed by atoms with E-state index >= 15 is 0 Å². The highest BCUT2D eigenvalue weighted by Gasteiger charge is 1.87. The van der Waals surface area contributed by atoms with E-state index in [0.717, 1.165) is 9.66 Å². The van der Waals surface area contributed by atoms with Gasteiger partial charge in [0.2, 0.25) is 0 Å². The van der Waals surface area contributed by atoms with E-state index in [2.05, 4.69) is 37.8 Å². The molecular formula is C3H4IN3. The van der Waals surface area contributed by atoms with Crippen molar-refractivity contribution >= 4 is 22.6 Å². The molecule has 0 radical (unpaired) electrons. The van der Waals surface area contributed by atoms with Gasteiger partial charge in [-0.1, -0.05) is 0 Å². The van der Waals surface area contributed by atoms with Crippen molar-refractivity contribution in [3.63, 3.8) is 0 Å². The van der Waals surface area contributed by atoms with Crippen molar-refractivity contribution in [3.8, 4) is 0 Å². The third-order valence-electron chi connectivity index (χ3n) is 0.572. The summed E-state index contributed by atoms with van der Waals surface area (Å²) in [6.45, 7) is 1.87. The molecule has 38 valence electrons. The summed E-state index contributed by atoms with van der Waals surface area (Å²) in [5.74, 6) is 0.865. The Morgan fingerprint density at radius 1 is 1.57 bits per heavy atom. The van der Waals surface area contributed by atoms with Crippen LogP contribution in [0.3, 0.4) is 0 Å². The Bertz CT molecular complexity index is 142. The molecule has 0 fully saturated rings. The predicted octanol–water partition coefficient (Wildman–Crippen LogP) is 0.718. The topological polar surface area (TPSA) is 41.6 Å². The Labute approximate surface area is 54.7 Å². The largest absolute Gasteiger partial charge is 0.321 e. The summed E-state index contributed by atoms with van der Waals surface area (Å²) >= 11 is 2.07. The fourth-order valence-corrected chi connectivity index (χ4v) is 0.816. The van der Waals surface area contributed by atoms with E-state index in [-0.39, 0.29) is 0 Å². The molecule has 1 aromatic rings. The maximum Gasteiger partial charge on any atom is 0.191 e. The number of halogens is 1. The first kappa shape index (κ1) is 5.02. The lowest BCUT2D eigenvalue weighted by atomic mass is 10.8. The van der Waals surface area contributed by atoms with Gasteiger partial charge in [-0.15, -0.1) is 10.2 Å². The molecule has 0 aliphatic rings. The summed E-state index contributed by atoms with van der Waals surface area (Å²) in [5, 5.41) is 7.40. The summed E-state index contributed by atoms with van der Waals surface area (Å²) in [7, 11) is 0. The van der Waals surface area contributed by atoms with Crippen LogP contribution in [-0.2, 0) is 0 Å². The molecule has 1 N–H and O–H groups in total. The number of hydrogen-bond acceptors (Lipinski definition) is 2. The molecule has 0 aliphatic heterocycles. The first-order valence-electron chi connectivity index (χ1n) is 1.84. The van der Waals surface area contributed by atoms with E-state index in [1.165, 1.54) is 0 Å². The van der Waals surface area contributed by atoms with Gasteiger partial charge >= 0.3 is 0 Å². The van der Waals surface area contributed by atoms with Crippen molar-refractivity contribution in [2.45, 2.75) is 6.92 Å². The van der Waals surface area contributed by atoms with Crippen molar-refractivity contribution in [1.29, 1.82) is 0 Å². The smallest absolute Gasteiger partial charge is 0.191 e. The zero-order valence-corrected chi connectivity index (χ0v) is 5.93. The quantitative estimate of drug-likeness (QED) is 0.639. The van der Waals surface area contributed by atoms with Crippen molar-refractivity contribution in [2.24, 2.45) is 0 Å². The average Bonchev–Trinajstić information content (AvgIpc) is 1.87. The summed E-state index contributed by atoms with van der Waals surface area (Å²) in [6, 6.07) is 0. The number of aromatic amines is 1. The third kappa shape index (κ3) is 1.12. The minimum Gasteiger partial charge on any atom is -0.321 e. The second kappa shape index (κ2) is 1.77. The zero-order valence-electron chi connectivity index (χ0n) is 3.77. The summed E-state index contributed by atoms with van der Waals surface area (Å²) in [4.78, 5) is 2.90. The minimum absolute atomic E-state index is 0.843. The van der Waals surface area contributed by atoms with Crippen LogP contribution in [0.1, 0.15) is 5.82 Å². The van der Waals surface area contributed by atoms with Gasteiger partial charge in [0.1, 0.15) is 5.82 Å². The van der Waals surface area contributed by atoms with Gasteiger partial charge in [-0.2, -0.15) is 0 Å². The predicted molar refractivity (Wildman–Crippen MR) is 33.8 cm³/mol. The van der Waals surface area contributed by atoms with E-state index in [0.29, 0.717) is 0 Å². The lowest BCUT2D eigenvalue weighted by Crippen LogP contribution is -1.69. The maximum atomic E-state index is 3.70. The van der Waals surface area contributed by atoms with Gasteiger partial charge in [-0.25, -0.2) is 0 Å². The van der Waals surface area contributed by atoms with Crippen LogP contribution < -0.4 is 0 Å². The average molecular weight is 209 g/mol. The lowest BCUT2D eigenvalue weighted by Gasteiger charge is -1.69. The van der Waals surface area contributed by atoms with Crippen LogP contribution in [-0.4, -0.2) is 15.2 Å². The number of nitrogens with zero attached hydrogens (tertiary/aromatic N) is 2. The third-order valence-corrected chi connectivity index (χ3v) is 1.06. The molecule has 0 aliphatic carbocycles. The second-order valence-electron chi connectivity index (χ2n) is 1.20. The summed E-state index contributed by atoms with van der Waals surface area (Å²) in [6.07, 6.45) is 0. The van der Waals surface area contributed by atoms with Crippen LogP contribution >= 0.6 is 22.6 Å². The number of nitrogens with one attached hydrogen (secondary N) is 1. The summed E-state index contributed by atoms with van der Waals surface area (Å²) in [5.41, 5.74) is 0. The van der Waals surface area contributed by atoms with Gasteiger partial charge in [0, 0.05) is 22.6 Å². The SMILES string of the molecule is Cc1nnc(I)[nH]1. The van der Waals surface area contributed by atoms with Crippen LogP contribution in [0.4, 0.5) is 0 Å². The highest BCUT2D eigenvalue weighted by atomic mass is 127. The van der Waals surface area contributed by atoms with Gasteiger partial charge in [-0.3, -0.25) is 0 Å². The second-order valence-corrected chi connectivity index (χ2v) is 2.22. The molecule has 0 atom stereocenters. The molecule has 7 heavy (non-hydrogen) atoms. The molecule has 0 saturated heterocycles. The van der Waals surface area contributed by atoms with E-state index in [4.69, 9.17) is 0 Å². The molecule has 3 nitrogen and oxygen atoms in total. The molecule has 0 amide bonds. The summed E-state index contributed by atoms with van der Waals surface area (Å²) < 4.78 is 0.843.